The van der Waals surface area contributed by atoms with E-state index in [2.05, 4.69) is 5.16 Å². The highest BCUT2D eigenvalue weighted by Gasteiger charge is 2.29. The molecule has 1 saturated carbocycles. The van der Waals surface area contributed by atoms with Gasteiger partial charge in [0.1, 0.15) is 0 Å². The maximum atomic E-state index is 11.1. The molecule has 0 bridgehead atoms. The molecule has 1 aliphatic carbocycles. The average molecular weight is 168 g/mol. The largest absolute Gasteiger partial charge is 0.360 e. The molecule has 1 aliphatic rings. The summed E-state index contributed by atoms with van der Waals surface area (Å²) in [5.74, 6) is 0.526. The molecule has 0 atom stereocenters. The summed E-state index contributed by atoms with van der Waals surface area (Å²) in [6.07, 6.45) is 2.94. The van der Waals surface area contributed by atoms with Gasteiger partial charge in [0.2, 0.25) is 0 Å². The Kier molecular flexibility index (Phi) is 1.77. The van der Waals surface area contributed by atoms with Crippen LogP contribution < -0.4 is 11.4 Å². The van der Waals surface area contributed by atoms with Crippen molar-refractivity contribution in [2.75, 3.05) is 6.54 Å². The zero-order valence-electron chi connectivity index (χ0n) is 6.80. The molecule has 1 heterocycles. The molecule has 0 amide bonds. The lowest BCUT2D eigenvalue weighted by Crippen LogP contribution is -2.11. The van der Waals surface area contributed by atoms with Crippen LogP contribution in [-0.4, -0.2) is 11.7 Å². The molecule has 66 valence electrons. The van der Waals surface area contributed by atoms with Crippen LogP contribution in [0.25, 0.3) is 0 Å². The van der Waals surface area contributed by atoms with E-state index >= 15 is 0 Å². The van der Waals surface area contributed by atoms with Crippen LogP contribution in [0.1, 0.15) is 30.0 Å². The number of aromatic nitrogens is 1. The highest BCUT2D eigenvalue weighted by Crippen LogP contribution is 2.39. The van der Waals surface area contributed by atoms with E-state index < -0.39 is 0 Å². The van der Waals surface area contributed by atoms with Crippen LogP contribution in [0, 0.1) is 0 Å². The smallest absolute Gasteiger partial charge is 0.339 e. The van der Waals surface area contributed by atoms with Crippen LogP contribution in [-0.2, 0) is 6.42 Å². The van der Waals surface area contributed by atoms with Crippen molar-refractivity contribution < 1.29 is 4.52 Å². The Morgan fingerprint density at radius 3 is 2.92 bits per heavy atom. The fourth-order valence-corrected chi connectivity index (χ4v) is 1.42. The van der Waals surface area contributed by atoms with Crippen LogP contribution in [0.15, 0.2) is 9.32 Å². The Morgan fingerprint density at radius 2 is 2.33 bits per heavy atom. The quantitative estimate of drug-likeness (QED) is 0.683. The first-order chi connectivity index (χ1) is 5.83. The topological polar surface area (TPSA) is 72.0 Å². The van der Waals surface area contributed by atoms with Gasteiger partial charge in [-0.05, 0) is 25.8 Å². The van der Waals surface area contributed by atoms with Crippen LogP contribution in [0.2, 0.25) is 0 Å². The summed E-state index contributed by atoms with van der Waals surface area (Å²) >= 11 is 0. The molecule has 0 radical (unpaired) electrons. The molecule has 1 aromatic rings. The van der Waals surface area contributed by atoms with Gasteiger partial charge in [0, 0.05) is 5.92 Å². The predicted octanol–water partition coefficient (Wildman–Crippen LogP) is 0.346. The second-order valence-corrected chi connectivity index (χ2v) is 3.20. The predicted molar refractivity (Wildman–Crippen MR) is 44.1 cm³/mol. The third-order valence-electron chi connectivity index (χ3n) is 2.21. The zero-order valence-corrected chi connectivity index (χ0v) is 6.80. The maximum Gasteiger partial charge on any atom is 0.360 e. The van der Waals surface area contributed by atoms with Crippen molar-refractivity contribution in [3.05, 3.63) is 21.7 Å². The first-order valence-corrected chi connectivity index (χ1v) is 4.23. The van der Waals surface area contributed by atoms with Crippen molar-refractivity contribution in [2.24, 2.45) is 5.73 Å². The van der Waals surface area contributed by atoms with Crippen molar-refractivity contribution in [1.29, 1.82) is 0 Å². The summed E-state index contributed by atoms with van der Waals surface area (Å²) in [6, 6.07) is 0. The van der Waals surface area contributed by atoms with Gasteiger partial charge in [0.05, 0.1) is 11.3 Å². The molecule has 1 aromatic heterocycles. The molecule has 4 nitrogen and oxygen atoms in total. The summed E-state index contributed by atoms with van der Waals surface area (Å²) in [4.78, 5) is 11.1. The van der Waals surface area contributed by atoms with E-state index in [4.69, 9.17) is 10.3 Å². The molecule has 0 aromatic carbocycles. The van der Waals surface area contributed by atoms with Crippen molar-refractivity contribution >= 4 is 0 Å². The van der Waals surface area contributed by atoms with E-state index in [0.717, 1.165) is 24.1 Å². The number of H-pyrrole nitrogens is 1. The first-order valence-electron chi connectivity index (χ1n) is 4.23. The zero-order chi connectivity index (χ0) is 8.55. The number of hydrogen-bond donors (Lipinski definition) is 2. The second kappa shape index (κ2) is 2.79. The molecule has 12 heavy (non-hydrogen) atoms. The third kappa shape index (κ3) is 1.18. The van der Waals surface area contributed by atoms with Crippen LogP contribution in [0.4, 0.5) is 0 Å². The minimum Gasteiger partial charge on any atom is -0.339 e. The number of rotatable bonds is 3. The monoisotopic (exact) mass is 168 g/mol. The molecule has 1 fully saturated rings. The van der Waals surface area contributed by atoms with E-state index in [0.29, 0.717) is 18.9 Å². The van der Waals surface area contributed by atoms with E-state index in [1.54, 1.807) is 0 Å². The molecule has 0 unspecified atom stereocenters. The summed E-state index contributed by atoms with van der Waals surface area (Å²) in [6.45, 7) is 0.502. The number of hydrogen-bond acceptors (Lipinski definition) is 3. The summed E-state index contributed by atoms with van der Waals surface area (Å²) in [7, 11) is 0. The van der Waals surface area contributed by atoms with E-state index in [1.165, 1.54) is 0 Å². The van der Waals surface area contributed by atoms with Gasteiger partial charge < -0.3 is 10.3 Å². The van der Waals surface area contributed by atoms with Crippen LogP contribution in [0.5, 0.6) is 0 Å². The fraction of sp³-hybridized carbons (Fsp3) is 0.625. The third-order valence-corrected chi connectivity index (χ3v) is 2.21. The molecule has 0 aliphatic heterocycles. The highest BCUT2D eigenvalue weighted by molar-refractivity contribution is 5.23. The van der Waals surface area contributed by atoms with Gasteiger partial charge in [-0.25, -0.2) is 9.95 Å². The SMILES string of the molecule is NCCc1c(C2CC2)[nH]oc1=O. The van der Waals surface area contributed by atoms with Gasteiger partial charge in [-0.15, -0.1) is 0 Å². The Hall–Kier alpha value is -1.03. The van der Waals surface area contributed by atoms with Crippen LogP contribution >= 0.6 is 0 Å². The average Bonchev–Trinajstić information content (AvgIpc) is 2.82. The van der Waals surface area contributed by atoms with Crippen molar-refractivity contribution in [3.63, 3.8) is 0 Å². The summed E-state index contributed by atoms with van der Waals surface area (Å²) in [5.41, 5.74) is 6.86. The van der Waals surface area contributed by atoms with Gasteiger partial charge in [-0.2, -0.15) is 0 Å². The molecule has 2 rings (SSSR count). The molecule has 0 saturated heterocycles. The maximum absolute atomic E-state index is 11.1. The Bertz CT molecular complexity index is 322. The number of aromatic amines is 1. The van der Waals surface area contributed by atoms with Gasteiger partial charge in [0.25, 0.3) is 0 Å². The lowest BCUT2D eigenvalue weighted by atomic mass is 10.1. The van der Waals surface area contributed by atoms with Gasteiger partial charge in [-0.1, -0.05) is 0 Å². The van der Waals surface area contributed by atoms with E-state index in [9.17, 15) is 4.79 Å². The van der Waals surface area contributed by atoms with E-state index in [1.807, 2.05) is 0 Å². The molecular weight excluding hydrogens is 156 g/mol. The minimum absolute atomic E-state index is 0.248. The highest BCUT2D eigenvalue weighted by atomic mass is 16.5. The normalized spacial score (nSPS) is 16.8. The molecular formula is C8H12N2O2. The minimum atomic E-state index is -0.248. The van der Waals surface area contributed by atoms with Gasteiger partial charge in [0.15, 0.2) is 0 Å². The summed E-state index contributed by atoms with van der Waals surface area (Å²) in [5, 5.41) is 2.68. The lowest BCUT2D eigenvalue weighted by Gasteiger charge is -1.94. The molecule has 0 spiro atoms. The van der Waals surface area contributed by atoms with Gasteiger partial charge in [-0.3, -0.25) is 0 Å². The standard InChI is InChI=1S/C8H12N2O2/c9-4-3-6-7(5-1-2-5)10-12-8(6)11/h5,10H,1-4,9H2. The van der Waals surface area contributed by atoms with Crippen molar-refractivity contribution in [2.45, 2.75) is 25.2 Å². The Morgan fingerprint density at radius 1 is 1.58 bits per heavy atom. The van der Waals surface area contributed by atoms with Crippen molar-refractivity contribution in [3.8, 4) is 0 Å². The Labute approximate surface area is 69.7 Å². The lowest BCUT2D eigenvalue weighted by molar-refractivity contribution is 0.384. The van der Waals surface area contributed by atoms with Crippen molar-refractivity contribution in [1.82, 2.24) is 5.16 Å². The van der Waals surface area contributed by atoms with Gasteiger partial charge >= 0.3 is 5.63 Å². The first kappa shape index (κ1) is 7.61. The number of nitrogens with one attached hydrogen (secondary N) is 1. The van der Waals surface area contributed by atoms with Crippen LogP contribution in [0.3, 0.4) is 0 Å². The fourth-order valence-electron chi connectivity index (χ4n) is 1.42. The summed E-state index contributed by atoms with van der Waals surface area (Å²) < 4.78 is 4.71. The number of nitrogens with two attached hydrogens (primary N) is 1. The van der Waals surface area contributed by atoms with E-state index in [-0.39, 0.29) is 5.63 Å². The molecule has 3 N–H and O–H groups in total. The molecule has 4 heteroatoms. The second-order valence-electron chi connectivity index (χ2n) is 3.20. The Balaban J connectivity index is 2.33.